The van der Waals surface area contributed by atoms with Crippen molar-refractivity contribution in [2.24, 2.45) is 0 Å². The van der Waals surface area contributed by atoms with Gasteiger partial charge in [0, 0.05) is 19.0 Å². The van der Waals surface area contributed by atoms with Gasteiger partial charge < -0.3 is 10.2 Å². The van der Waals surface area contributed by atoms with Crippen LogP contribution in [0, 0.1) is 0 Å². The molecule has 3 heterocycles. The average molecular weight is 301 g/mol. The smallest absolute Gasteiger partial charge is 0.323 e. The number of carbonyl (C=O) groups is 2. The summed E-state index contributed by atoms with van der Waals surface area (Å²) in [5, 5.41) is 13.9. The SMILES string of the molecule is O=C(Nc1ccc(C2CC2)nn1)N1CCCC12CCNC2=O. The molecule has 1 spiro atoms. The predicted octanol–water partition coefficient (Wildman–Crippen LogP) is 1.24. The van der Waals surface area contributed by atoms with E-state index in [9.17, 15) is 9.59 Å². The average Bonchev–Trinajstić information content (AvgIpc) is 3.19. The summed E-state index contributed by atoms with van der Waals surface area (Å²) in [7, 11) is 0. The van der Waals surface area contributed by atoms with Crippen LogP contribution in [-0.4, -0.2) is 45.7 Å². The Bertz CT molecular complexity index is 609. The van der Waals surface area contributed by atoms with E-state index in [1.54, 1.807) is 11.0 Å². The predicted molar refractivity (Wildman–Crippen MR) is 79.3 cm³/mol. The quantitative estimate of drug-likeness (QED) is 0.860. The Hall–Kier alpha value is -2.18. The van der Waals surface area contributed by atoms with Gasteiger partial charge in [0.15, 0.2) is 5.82 Å². The second-order valence-electron chi connectivity index (χ2n) is 6.34. The Morgan fingerprint density at radius 2 is 2.18 bits per heavy atom. The molecule has 0 bridgehead atoms. The van der Waals surface area contributed by atoms with Crippen LogP contribution in [-0.2, 0) is 4.79 Å². The van der Waals surface area contributed by atoms with Crippen molar-refractivity contribution < 1.29 is 9.59 Å². The topological polar surface area (TPSA) is 87.2 Å². The van der Waals surface area contributed by atoms with Gasteiger partial charge in [0.2, 0.25) is 5.91 Å². The first-order chi connectivity index (χ1) is 10.7. The number of urea groups is 1. The number of hydrogen-bond donors (Lipinski definition) is 2. The number of amides is 3. The Morgan fingerprint density at radius 1 is 1.32 bits per heavy atom. The molecule has 116 valence electrons. The molecule has 7 heteroatoms. The van der Waals surface area contributed by atoms with Crippen LogP contribution < -0.4 is 10.6 Å². The maximum atomic E-state index is 12.5. The van der Waals surface area contributed by atoms with Gasteiger partial charge in [-0.3, -0.25) is 10.1 Å². The Labute approximate surface area is 128 Å². The number of likely N-dealkylation sites (tertiary alicyclic amines) is 1. The Morgan fingerprint density at radius 3 is 2.82 bits per heavy atom. The molecule has 1 saturated carbocycles. The first-order valence-corrected chi connectivity index (χ1v) is 7.90. The molecule has 2 aliphatic heterocycles. The van der Waals surface area contributed by atoms with E-state index in [-0.39, 0.29) is 11.9 Å². The maximum Gasteiger partial charge on any atom is 0.323 e. The lowest BCUT2D eigenvalue weighted by molar-refractivity contribution is -0.127. The summed E-state index contributed by atoms with van der Waals surface area (Å²) in [6.45, 7) is 1.24. The van der Waals surface area contributed by atoms with E-state index in [4.69, 9.17) is 0 Å². The van der Waals surface area contributed by atoms with Gasteiger partial charge in [-0.2, -0.15) is 5.10 Å². The number of anilines is 1. The van der Waals surface area contributed by atoms with Gasteiger partial charge >= 0.3 is 6.03 Å². The number of nitrogens with zero attached hydrogens (tertiary/aromatic N) is 3. The minimum Gasteiger partial charge on any atom is -0.354 e. The number of hydrogen-bond acceptors (Lipinski definition) is 4. The molecular formula is C15H19N5O2. The lowest BCUT2D eigenvalue weighted by Crippen LogP contribution is -2.53. The van der Waals surface area contributed by atoms with Crippen LogP contribution in [0.5, 0.6) is 0 Å². The van der Waals surface area contributed by atoms with Crippen LogP contribution in [0.15, 0.2) is 12.1 Å². The molecular weight excluding hydrogens is 282 g/mol. The molecule has 2 saturated heterocycles. The van der Waals surface area contributed by atoms with Crippen LogP contribution in [0.25, 0.3) is 0 Å². The number of nitrogens with one attached hydrogen (secondary N) is 2. The van der Waals surface area contributed by atoms with E-state index in [1.165, 1.54) is 12.8 Å². The normalized spacial score (nSPS) is 27.3. The van der Waals surface area contributed by atoms with Crippen molar-refractivity contribution in [1.29, 1.82) is 0 Å². The highest BCUT2D eigenvalue weighted by atomic mass is 16.2. The van der Waals surface area contributed by atoms with E-state index < -0.39 is 5.54 Å². The van der Waals surface area contributed by atoms with Crippen molar-refractivity contribution in [2.75, 3.05) is 18.4 Å². The first-order valence-electron chi connectivity index (χ1n) is 7.90. The van der Waals surface area contributed by atoms with Crippen molar-refractivity contribution >= 4 is 17.8 Å². The fourth-order valence-electron chi connectivity index (χ4n) is 3.51. The summed E-state index contributed by atoms with van der Waals surface area (Å²) >= 11 is 0. The summed E-state index contributed by atoms with van der Waals surface area (Å²) in [5.41, 5.74) is 0.330. The highest BCUT2D eigenvalue weighted by Crippen LogP contribution is 2.39. The highest BCUT2D eigenvalue weighted by Gasteiger charge is 2.52. The van der Waals surface area contributed by atoms with Crippen LogP contribution in [0.4, 0.5) is 10.6 Å². The van der Waals surface area contributed by atoms with E-state index in [0.717, 1.165) is 18.5 Å². The van der Waals surface area contributed by atoms with Crippen LogP contribution in [0.1, 0.15) is 43.7 Å². The second kappa shape index (κ2) is 4.93. The monoisotopic (exact) mass is 301 g/mol. The van der Waals surface area contributed by atoms with Gasteiger partial charge in [0.05, 0.1) is 5.69 Å². The zero-order chi connectivity index (χ0) is 15.2. The van der Waals surface area contributed by atoms with E-state index in [0.29, 0.717) is 31.2 Å². The lowest BCUT2D eigenvalue weighted by Gasteiger charge is -2.32. The van der Waals surface area contributed by atoms with Crippen LogP contribution >= 0.6 is 0 Å². The van der Waals surface area contributed by atoms with E-state index in [2.05, 4.69) is 20.8 Å². The Balaban J connectivity index is 1.48. The number of rotatable bonds is 2. The van der Waals surface area contributed by atoms with Crippen molar-refractivity contribution in [1.82, 2.24) is 20.4 Å². The molecule has 1 atom stereocenters. The van der Waals surface area contributed by atoms with Crippen molar-refractivity contribution in [3.8, 4) is 0 Å². The molecule has 1 unspecified atom stereocenters. The fraction of sp³-hybridized carbons (Fsp3) is 0.600. The molecule has 3 amide bonds. The van der Waals surface area contributed by atoms with E-state index in [1.807, 2.05) is 6.07 Å². The summed E-state index contributed by atoms with van der Waals surface area (Å²) < 4.78 is 0. The van der Waals surface area contributed by atoms with Gasteiger partial charge in [0.25, 0.3) is 0 Å². The molecule has 7 nitrogen and oxygen atoms in total. The molecule has 1 aliphatic carbocycles. The van der Waals surface area contributed by atoms with Crippen molar-refractivity contribution in [3.05, 3.63) is 17.8 Å². The zero-order valence-corrected chi connectivity index (χ0v) is 12.3. The molecule has 1 aromatic heterocycles. The molecule has 0 aromatic carbocycles. The fourth-order valence-corrected chi connectivity index (χ4v) is 3.51. The second-order valence-corrected chi connectivity index (χ2v) is 6.34. The van der Waals surface area contributed by atoms with Gasteiger partial charge in [0.1, 0.15) is 5.54 Å². The number of aromatic nitrogens is 2. The molecule has 0 radical (unpaired) electrons. The minimum absolute atomic E-state index is 0.0321. The summed E-state index contributed by atoms with van der Waals surface area (Å²) in [6, 6.07) is 3.45. The molecule has 22 heavy (non-hydrogen) atoms. The number of carbonyl (C=O) groups excluding carboxylic acids is 2. The minimum atomic E-state index is -0.661. The third-order valence-corrected chi connectivity index (χ3v) is 4.90. The first kappa shape index (κ1) is 13.5. The zero-order valence-electron chi connectivity index (χ0n) is 12.3. The van der Waals surface area contributed by atoms with Gasteiger partial charge in [-0.15, -0.1) is 5.10 Å². The summed E-state index contributed by atoms with van der Waals surface area (Å²) in [6.07, 6.45) is 4.62. The molecule has 3 aliphatic rings. The standard InChI is InChI=1S/C15H19N5O2/c21-13-15(7-8-16-13)6-1-9-20(15)14(22)17-12-5-4-11(18-19-12)10-2-3-10/h4-5,10H,1-3,6-9H2,(H,16,21)(H,17,19,22). The van der Waals surface area contributed by atoms with Gasteiger partial charge in [-0.25, -0.2) is 4.79 Å². The van der Waals surface area contributed by atoms with Crippen molar-refractivity contribution in [3.63, 3.8) is 0 Å². The van der Waals surface area contributed by atoms with Crippen LogP contribution in [0.2, 0.25) is 0 Å². The lowest BCUT2D eigenvalue weighted by atomic mass is 9.94. The highest BCUT2D eigenvalue weighted by molar-refractivity contribution is 5.97. The third-order valence-electron chi connectivity index (χ3n) is 4.90. The molecule has 4 rings (SSSR count). The summed E-state index contributed by atoms with van der Waals surface area (Å²) in [5.74, 6) is 0.950. The molecule has 2 N–H and O–H groups in total. The van der Waals surface area contributed by atoms with Crippen molar-refractivity contribution in [2.45, 2.75) is 43.6 Å². The molecule has 1 aromatic rings. The van der Waals surface area contributed by atoms with Gasteiger partial charge in [-0.05, 0) is 44.2 Å². The summed E-state index contributed by atoms with van der Waals surface area (Å²) in [4.78, 5) is 26.3. The van der Waals surface area contributed by atoms with E-state index >= 15 is 0 Å². The molecule has 3 fully saturated rings. The van der Waals surface area contributed by atoms with Crippen LogP contribution in [0.3, 0.4) is 0 Å². The van der Waals surface area contributed by atoms with Gasteiger partial charge in [-0.1, -0.05) is 0 Å². The third kappa shape index (κ3) is 2.12. The maximum absolute atomic E-state index is 12.5. The largest absolute Gasteiger partial charge is 0.354 e. The Kier molecular flexibility index (Phi) is 3.02.